The van der Waals surface area contributed by atoms with Crippen LogP contribution >= 0.6 is 0 Å². The van der Waals surface area contributed by atoms with Gasteiger partial charge < -0.3 is 19.6 Å². The average Bonchev–Trinajstić information content (AvgIpc) is 2.90. The van der Waals surface area contributed by atoms with Crippen LogP contribution in [0.4, 0.5) is 5.82 Å². The normalized spacial score (nSPS) is 20.1. The Balaban J connectivity index is 1.69. The van der Waals surface area contributed by atoms with E-state index in [-0.39, 0.29) is 11.8 Å². The van der Waals surface area contributed by atoms with Crippen LogP contribution in [0.3, 0.4) is 0 Å². The Hall–Kier alpha value is -2.64. The highest BCUT2D eigenvalue weighted by molar-refractivity contribution is 5.23. The van der Waals surface area contributed by atoms with Gasteiger partial charge in [-0.15, -0.1) is 0 Å². The van der Waals surface area contributed by atoms with E-state index in [0.717, 1.165) is 5.69 Å². The molecule has 0 aromatic carbocycles. The van der Waals surface area contributed by atoms with Gasteiger partial charge in [-0.05, 0) is 30.9 Å². The van der Waals surface area contributed by atoms with Gasteiger partial charge in [-0.3, -0.25) is 9.55 Å². The molecule has 0 N–H and O–H groups in total. The SMILES string of the molecule is Cc1ccc(OCC2(C)CCn3cc([N+](=O)[O-])nc3O2)cn1. The van der Waals surface area contributed by atoms with Crippen molar-refractivity contribution in [3.8, 4) is 11.8 Å². The highest BCUT2D eigenvalue weighted by Crippen LogP contribution is 2.30. The molecule has 1 aliphatic heterocycles. The van der Waals surface area contributed by atoms with E-state index in [4.69, 9.17) is 9.47 Å². The summed E-state index contributed by atoms with van der Waals surface area (Å²) < 4.78 is 13.2. The molecule has 3 heterocycles. The Kier molecular flexibility index (Phi) is 3.44. The molecule has 1 aliphatic rings. The van der Waals surface area contributed by atoms with Crippen molar-refractivity contribution < 1.29 is 14.4 Å². The fourth-order valence-electron chi connectivity index (χ4n) is 2.22. The molecule has 0 fully saturated rings. The molecular weight excluding hydrogens is 288 g/mol. The first kappa shape index (κ1) is 14.3. The molecule has 8 heteroatoms. The van der Waals surface area contributed by atoms with Crippen LogP contribution in [-0.2, 0) is 6.54 Å². The molecule has 0 amide bonds. The standard InChI is InChI=1S/C14H16N4O4/c1-10-3-4-11(7-15-10)21-9-14(2)5-6-17-8-12(18(19)20)16-13(17)22-14/h3-4,7-8H,5-6,9H2,1-2H3. The number of rotatable bonds is 4. The van der Waals surface area contributed by atoms with Crippen molar-refractivity contribution in [2.24, 2.45) is 0 Å². The van der Waals surface area contributed by atoms with Crippen LogP contribution in [0.25, 0.3) is 0 Å². The zero-order valence-corrected chi connectivity index (χ0v) is 12.4. The van der Waals surface area contributed by atoms with E-state index >= 15 is 0 Å². The summed E-state index contributed by atoms with van der Waals surface area (Å²) in [4.78, 5) is 18.3. The second-order valence-corrected chi connectivity index (χ2v) is 5.56. The second-order valence-electron chi connectivity index (χ2n) is 5.56. The number of nitrogens with zero attached hydrogens (tertiary/aromatic N) is 4. The molecular formula is C14H16N4O4. The summed E-state index contributed by atoms with van der Waals surface area (Å²) in [5.41, 5.74) is 0.335. The number of pyridine rings is 1. The molecule has 1 unspecified atom stereocenters. The number of hydrogen-bond donors (Lipinski definition) is 0. The van der Waals surface area contributed by atoms with Crippen LogP contribution in [0.2, 0.25) is 0 Å². The zero-order chi connectivity index (χ0) is 15.7. The lowest BCUT2D eigenvalue weighted by molar-refractivity contribution is -0.389. The fourth-order valence-corrected chi connectivity index (χ4v) is 2.22. The zero-order valence-electron chi connectivity index (χ0n) is 12.4. The Morgan fingerprint density at radius 1 is 1.55 bits per heavy atom. The van der Waals surface area contributed by atoms with Crippen LogP contribution in [0, 0.1) is 17.0 Å². The number of aromatic nitrogens is 3. The second kappa shape index (κ2) is 5.28. The molecule has 0 saturated carbocycles. The van der Waals surface area contributed by atoms with E-state index in [1.165, 1.54) is 6.20 Å². The lowest BCUT2D eigenvalue weighted by atomic mass is 10.0. The van der Waals surface area contributed by atoms with Gasteiger partial charge in [-0.1, -0.05) is 0 Å². The lowest BCUT2D eigenvalue weighted by Gasteiger charge is -2.32. The maximum Gasteiger partial charge on any atom is 0.414 e. The Morgan fingerprint density at radius 3 is 3.05 bits per heavy atom. The smallest absolute Gasteiger partial charge is 0.414 e. The summed E-state index contributed by atoms with van der Waals surface area (Å²) in [6.45, 7) is 4.72. The highest BCUT2D eigenvalue weighted by atomic mass is 16.6. The minimum Gasteiger partial charge on any atom is -0.488 e. The maximum atomic E-state index is 10.8. The molecule has 2 aromatic heterocycles. The highest BCUT2D eigenvalue weighted by Gasteiger charge is 2.37. The van der Waals surface area contributed by atoms with E-state index in [2.05, 4.69) is 9.97 Å². The van der Waals surface area contributed by atoms with Crippen LogP contribution < -0.4 is 9.47 Å². The molecule has 0 bridgehead atoms. The van der Waals surface area contributed by atoms with Crippen molar-refractivity contribution in [1.82, 2.24) is 14.5 Å². The summed E-state index contributed by atoms with van der Waals surface area (Å²) in [7, 11) is 0. The Morgan fingerprint density at radius 2 is 2.36 bits per heavy atom. The summed E-state index contributed by atoms with van der Waals surface area (Å²) in [5.74, 6) is 0.457. The van der Waals surface area contributed by atoms with Crippen molar-refractivity contribution in [1.29, 1.82) is 0 Å². The van der Waals surface area contributed by atoms with Gasteiger partial charge >= 0.3 is 11.8 Å². The van der Waals surface area contributed by atoms with Gasteiger partial charge in [-0.2, -0.15) is 0 Å². The fraction of sp³-hybridized carbons (Fsp3) is 0.429. The third-order valence-electron chi connectivity index (χ3n) is 3.56. The molecule has 0 spiro atoms. The molecule has 1 atom stereocenters. The van der Waals surface area contributed by atoms with Crippen LogP contribution in [0.5, 0.6) is 11.8 Å². The van der Waals surface area contributed by atoms with E-state index in [1.54, 1.807) is 10.8 Å². The first-order valence-electron chi connectivity index (χ1n) is 6.91. The number of imidazole rings is 1. The first-order valence-corrected chi connectivity index (χ1v) is 6.91. The van der Waals surface area contributed by atoms with E-state index in [1.807, 2.05) is 26.0 Å². The van der Waals surface area contributed by atoms with Gasteiger partial charge in [0.2, 0.25) is 0 Å². The number of hydrogen-bond acceptors (Lipinski definition) is 6. The Labute approximate surface area is 126 Å². The third kappa shape index (κ3) is 2.85. The van der Waals surface area contributed by atoms with E-state index in [0.29, 0.717) is 25.3 Å². The predicted molar refractivity (Wildman–Crippen MR) is 77.0 cm³/mol. The molecule has 3 rings (SSSR count). The van der Waals surface area contributed by atoms with Crippen molar-refractivity contribution in [3.05, 3.63) is 40.3 Å². The van der Waals surface area contributed by atoms with Gasteiger partial charge in [0.1, 0.15) is 24.2 Å². The van der Waals surface area contributed by atoms with Crippen molar-refractivity contribution in [2.45, 2.75) is 32.4 Å². The number of aryl methyl sites for hydroxylation is 2. The Bertz CT molecular complexity index is 697. The molecule has 22 heavy (non-hydrogen) atoms. The van der Waals surface area contributed by atoms with Crippen molar-refractivity contribution in [2.75, 3.05) is 6.61 Å². The van der Waals surface area contributed by atoms with E-state index in [9.17, 15) is 10.1 Å². The summed E-state index contributed by atoms with van der Waals surface area (Å²) in [6.07, 6.45) is 3.72. The van der Waals surface area contributed by atoms with E-state index < -0.39 is 10.5 Å². The van der Waals surface area contributed by atoms with Gasteiger partial charge in [0.25, 0.3) is 0 Å². The lowest BCUT2D eigenvalue weighted by Crippen LogP contribution is -2.43. The molecule has 8 nitrogen and oxygen atoms in total. The minimum absolute atomic E-state index is 0.206. The maximum absolute atomic E-state index is 10.8. The molecule has 2 aromatic rings. The topological polar surface area (TPSA) is 92.3 Å². The quantitative estimate of drug-likeness (QED) is 0.634. The number of ether oxygens (including phenoxy) is 2. The number of nitro groups is 1. The summed E-state index contributed by atoms with van der Waals surface area (Å²) >= 11 is 0. The monoisotopic (exact) mass is 304 g/mol. The van der Waals surface area contributed by atoms with Crippen molar-refractivity contribution >= 4 is 5.82 Å². The molecule has 0 radical (unpaired) electrons. The minimum atomic E-state index is -0.583. The molecule has 0 aliphatic carbocycles. The molecule has 0 saturated heterocycles. The van der Waals surface area contributed by atoms with Gasteiger partial charge in [0, 0.05) is 23.6 Å². The van der Waals surface area contributed by atoms with Crippen LogP contribution in [0.1, 0.15) is 19.0 Å². The first-order chi connectivity index (χ1) is 10.5. The van der Waals surface area contributed by atoms with Crippen molar-refractivity contribution in [3.63, 3.8) is 0 Å². The average molecular weight is 304 g/mol. The van der Waals surface area contributed by atoms with Crippen LogP contribution in [-0.4, -0.2) is 31.7 Å². The van der Waals surface area contributed by atoms with Gasteiger partial charge in [0.15, 0.2) is 0 Å². The summed E-state index contributed by atoms with van der Waals surface area (Å²) in [6, 6.07) is 3.97. The van der Waals surface area contributed by atoms with Crippen LogP contribution in [0.15, 0.2) is 24.5 Å². The third-order valence-corrected chi connectivity index (χ3v) is 3.56. The van der Waals surface area contributed by atoms with Gasteiger partial charge in [0.05, 0.1) is 6.20 Å². The van der Waals surface area contributed by atoms with Gasteiger partial charge in [-0.25, -0.2) is 0 Å². The number of fused-ring (bicyclic) bond motifs is 1. The predicted octanol–water partition coefficient (Wildman–Crippen LogP) is 2.11. The largest absolute Gasteiger partial charge is 0.488 e. The summed E-state index contributed by atoms with van der Waals surface area (Å²) in [5, 5.41) is 10.8. The molecule has 116 valence electrons.